The highest BCUT2D eigenvalue weighted by Gasteiger charge is 2.25. The van der Waals surface area contributed by atoms with Gasteiger partial charge in [-0.25, -0.2) is 4.98 Å². The molecule has 1 fully saturated rings. The van der Waals surface area contributed by atoms with E-state index in [9.17, 15) is 4.79 Å². The monoisotopic (exact) mass is 350 g/mol. The molecule has 1 aliphatic carbocycles. The van der Waals surface area contributed by atoms with Gasteiger partial charge in [0.2, 0.25) is 0 Å². The molecule has 1 atom stereocenters. The second-order valence-electron chi connectivity index (χ2n) is 7.30. The Hall–Kier alpha value is -2.56. The van der Waals surface area contributed by atoms with Crippen LogP contribution in [0.3, 0.4) is 0 Å². The van der Waals surface area contributed by atoms with Gasteiger partial charge in [0.05, 0.1) is 11.6 Å². The summed E-state index contributed by atoms with van der Waals surface area (Å²) in [7, 11) is 0. The number of nitrogens with two attached hydrogens (primary N) is 1. The fourth-order valence-corrected chi connectivity index (χ4v) is 4.15. The van der Waals surface area contributed by atoms with Gasteiger partial charge in [-0.1, -0.05) is 6.07 Å². The molecule has 26 heavy (non-hydrogen) atoms. The Morgan fingerprint density at radius 1 is 1.15 bits per heavy atom. The number of hydrogen-bond acceptors (Lipinski definition) is 4. The van der Waals surface area contributed by atoms with Gasteiger partial charge >= 0.3 is 0 Å². The van der Waals surface area contributed by atoms with Crippen LogP contribution < -0.4 is 16.0 Å². The van der Waals surface area contributed by atoms with Crippen LogP contribution in [0.1, 0.15) is 59.6 Å². The van der Waals surface area contributed by atoms with Crippen LogP contribution in [-0.4, -0.2) is 24.0 Å². The van der Waals surface area contributed by atoms with Gasteiger partial charge in [-0.2, -0.15) is 0 Å². The van der Waals surface area contributed by atoms with Crippen LogP contribution in [0.5, 0.6) is 0 Å². The number of fused-ring (bicyclic) bond motifs is 1. The molecule has 5 heteroatoms. The Balaban J connectivity index is 1.56. The number of piperidine rings is 1. The first-order valence-corrected chi connectivity index (χ1v) is 9.61. The third-order valence-corrected chi connectivity index (χ3v) is 5.47. The molecule has 2 aliphatic rings. The zero-order chi connectivity index (χ0) is 17.9. The minimum absolute atomic E-state index is 0.0339. The number of carbonyl (C=O) groups excluding carboxylic acids is 1. The first-order chi connectivity index (χ1) is 12.7. The number of anilines is 2. The van der Waals surface area contributed by atoms with Crippen LogP contribution in [-0.2, 0) is 6.42 Å². The van der Waals surface area contributed by atoms with Crippen LogP contribution in [0.25, 0.3) is 0 Å². The van der Waals surface area contributed by atoms with Crippen molar-refractivity contribution in [2.45, 2.75) is 44.6 Å². The number of carbonyl (C=O) groups is 1. The third kappa shape index (κ3) is 3.39. The number of hydrogen-bond donors (Lipinski definition) is 2. The van der Waals surface area contributed by atoms with Crippen molar-refractivity contribution in [2.24, 2.45) is 0 Å². The van der Waals surface area contributed by atoms with Crippen molar-refractivity contribution in [1.29, 1.82) is 0 Å². The van der Waals surface area contributed by atoms with Crippen molar-refractivity contribution in [2.75, 3.05) is 23.7 Å². The van der Waals surface area contributed by atoms with Crippen LogP contribution in [0.15, 0.2) is 36.5 Å². The predicted molar refractivity (Wildman–Crippen MR) is 104 cm³/mol. The Labute approximate surface area is 154 Å². The lowest BCUT2D eigenvalue weighted by Gasteiger charge is -2.30. The maximum absolute atomic E-state index is 13.1. The molecular weight excluding hydrogens is 324 g/mol. The quantitative estimate of drug-likeness (QED) is 0.832. The number of amides is 1. The molecular formula is C21H26N4O. The van der Waals surface area contributed by atoms with E-state index in [4.69, 9.17) is 5.73 Å². The molecule has 0 spiro atoms. The second-order valence-corrected chi connectivity index (χ2v) is 7.30. The first kappa shape index (κ1) is 16.9. The summed E-state index contributed by atoms with van der Waals surface area (Å²) in [6.07, 6.45) is 8.41. The number of nitrogen functional groups attached to an aromatic ring is 1. The van der Waals surface area contributed by atoms with Crippen molar-refractivity contribution in [1.82, 2.24) is 10.3 Å². The van der Waals surface area contributed by atoms with Crippen LogP contribution in [0.4, 0.5) is 11.5 Å². The Bertz CT molecular complexity index is 798. The SMILES string of the molecule is Nc1ccc2c(c1)CCCC2NC(=O)c1cccnc1N1CCCCC1. The highest BCUT2D eigenvalue weighted by atomic mass is 16.1. The summed E-state index contributed by atoms with van der Waals surface area (Å²) in [6, 6.07) is 9.80. The van der Waals surface area contributed by atoms with E-state index in [2.05, 4.69) is 21.3 Å². The fourth-order valence-electron chi connectivity index (χ4n) is 4.15. The zero-order valence-corrected chi connectivity index (χ0v) is 15.1. The molecule has 5 nitrogen and oxygen atoms in total. The number of nitrogens with zero attached hydrogens (tertiary/aromatic N) is 2. The van der Waals surface area contributed by atoms with Gasteiger partial charge in [0, 0.05) is 25.0 Å². The van der Waals surface area contributed by atoms with Crippen molar-refractivity contribution < 1.29 is 4.79 Å². The van der Waals surface area contributed by atoms with Gasteiger partial charge in [0.1, 0.15) is 5.82 Å². The van der Waals surface area contributed by atoms with Crippen LogP contribution >= 0.6 is 0 Å². The topological polar surface area (TPSA) is 71.2 Å². The number of aryl methyl sites for hydroxylation is 1. The molecule has 3 N–H and O–H groups in total. The van der Waals surface area contributed by atoms with Crippen LogP contribution in [0, 0.1) is 0 Å². The molecule has 1 unspecified atom stereocenters. The van der Waals surface area contributed by atoms with Crippen molar-refractivity contribution in [3.05, 3.63) is 53.2 Å². The molecule has 2 aromatic rings. The van der Waals surface area contributed by atoms with Crippen molar-refractivity contribution in [3.8, 4) is 0 Å². The number of rotatable bonds is 3. The van der Waals surface area contributed by atoms with Gasteiger partial charge in [-0.05, 0) is 73.9 Å². The summed E-state index contributed by atoms with van der Waals surface area (Å²) in [5, 5.41) is 3.24. The maximum atomic E-state index is 13.1. The third-order valence-electron chi connectivity index (χ3n) is 5.47. The zero-order valence-electron chi connectivity index (χ0n) is 15.1. The number of pyridine rings is 1. The average Bonchev–Trinajstić information content (AvgIpc) is 2.68. The van der Waals surface area contributed by atoms with Gasteiger partial charge in [0.25, 0.3) is 5.91 Å². The lowest BCUT2D eigenvalue weighted by Crippen LogP contribution is -2.35. The molecule has 0 saturated carbocycles. The van der Waals surface area contributed by atoms with E-state index in [1.807, 2.05) is 24.3 Å². The molecule has 1 aliphatic heterocycles. The number of aromatic nitrogens is 1. The van der Waals surface area contributed by atoms with Gasteiger partial charge in [0.15, 0.2) is 0 Å². The fraction of sp³-hybridized carbons (Fsp3) is 0.429. The highest BCUT2D eigenvalue weighted by Crippen LogP contribution is 2.31. The molecule has 1 amide bonds. The van der Waals surface area contributed by atoms with E-state index < -0.39 is 0 Å². The smallest absolute Gasteiger partial charge is 0.255 e. The highest BCUT2D eigenvalue weighted by molar-refractivity contribution is 5.99. The molecule has 0 radical (unpaired) electrons. The Morgan fingerprint density at radius 3 is 2.85 bits per heavy atom. The lowest BCUT2D eigenvalue weighted by molar-refractivity contribution is 0.0933. The van der Waals surface area contributed by atoms with E-state index in [0.717, 1.165) is 56.7 Å². The summed E-state index contributed by atoms with van der Waals surface area (Å²) in [6.45, 7) is 1.95. The summed E-state index contributed by atoms with van der Waals surface area (Å²) in [5.41, 5.74) is 9.84. The van der Waals surface area contributed by atoms with Crippen molar-refractivity contribution >= 4 is 17.4 Å². The Morgan fingerprint density at radius 2 is 2.00 bits per heavy atom. The minimum Gasteiger partial charge on any atom is -0.399 e. The summed E-state index contributed by atoms with van der Waals surface area (Å²) in [4.78, 5) is 19.8. The molecule has 136 valence electrons. The summed E-state index contributed by atoms with van der Waals surface area (Å²) < 4.78 is 0. The number of benzene rings is 1. The first-order valence-electron chi connectivity index (χ1n) is 9.61. The molecule has 1 aromatic carbocycles. The van der Waals surface area contributed by atoms with Crippen molar-refractivity contribution in [3.63, 3.8) is 0 Å². The molecule has 1 aromatic heterocycles. The normalized spacial score (nSPS) is 19.7. The molecule has 4 rings (SSSR count). The maximum Gasteiger partial charge on any atom is 0.255 e. The molecule has 2 heterocycles. The lowest BCUT2D eigenvalue weighted by atomic mass is 9.87. The van der Waals surface area contributed by atoms with E-state index in [-0.39, 0.29) is 11.9 Å². The average molecular weight is 350 g/mol. The predicted octanol–water partition coefficient (Wildman–Crippen LogP) is 3.46. The summed E-state index contributed by atoms with van der Waals surface area (Å²) in [5.74, 6) is 0.784. The minimum atomic E-state index is -0.0339. The largest absolute Gasteiger partial charge is 0.399 e. The van der Waals surface area contributed by atoms with E-state index in [0.29, 0.717) is 5.56 Å². The standard InChI is InChI=1S/C21H26N4O/c22-16-9-10-17-15(14-16)6-4-8-19(17)24-21(26)18-7-5-11-23-20(18)25-12-2-1-3-13-25/h5,7,9-11,14,19H,1-4,6,8,12-13,22H2,(H,24,26). The van der Waals surface area contributed by atoms with E-state index in [1.165, 1.54) is 17.5 Å². The Kier molecular flexibility index (Phi) is 4.78. The summed E-state index contributed by atoms with van der Waals surface area (Å²) >= 11 is 0. The van der Waals surface area contributed by atoms with E-state index >= 15 is 0 Å². The van der Waals surface area contributed by atoms with Crippen LogP contribution in [0.2, 0.25) is 0 Å². The second kappa shape index (κ2) is 7.36. The van der Waals surface area contributed by atoms with E-state index in [1.54, 1.807) is 6.20 Å². The molecule has 0 bridgehead atoms. The number of nitrogens with one attached hydrogen (secondary N) is 1. The van der Waals surface area contributed by atoms with Gasteiger partial charge < -0.3 is 16.0 Å². The van der Waals surface area contributed by atoms with Gasteiger partial charge in [-0.3, -0.25) is 4.79 Å². The molecule has 1 saturated heterocycles. The van der Waals surface area contributed by atoms with Gasteiger partial charge in [-0.15, -0.1) is 0 Å².